The van der Waals surface area contributed by atoms with Crippen LogP contribution in [-0.2, 0) is 0 Å². The van der Waals surface area contributed by atoms with E-state index in [-0.39, 0.29) is 5.95 Å². The summed E-state index contributed by atoms with van der Waals surface area (Å²) in [4.78, 5) is 9.35. The highest BCUT2D eigenvalue weighted by molar-refractivity contribution is 5.41. The van der Waals surface area contributed by atoms with Crippen molar-refractivity contribution in [1.82, 2.24) is 15.3 Å². The number of rotatable bonds is 1. The van der Waals surface area contributed by atoms with Gasteiger partial charge in [-0.15, -0.1) is 0 Å². The molecule has 1 aliphatic rings. The number of anilines is 2. The Labute approximate surface area is 81.1 Å². The van der Waals surface area contributed by atoms with Crippen molar-refractivity contribution in [3.63, 3.8) is 0 Å². The standard InChI is InChI=1S/C8H12FN5/c9-6-5-7(13-8(10)12-6)14-3-1-11-2-4-14/h5,11H,1-4H2,(H2,10,12,13). The second-order valence-corrected chi connectivity index (χ2v) is 3.14. The fraction of sp³-hybridized carbons (Fsp3) is 0.500. The maximum absolute atomic E-state index is 12.9. The van der Waals surface area contributed by atoms with Crippen LogP contribution in [0.1, 0.15) is 0 Å². The molecule has 3 N–H and O–H groups in total. The second-order valence-electron chi connectivity index (χ2n) is 3.14. The average molecular weight is 197 g/mol. The Bertz CT molecular complexity index is 303. The van der Waals surface area contributed by atoms with E-state index in [1.54, 1.807) is 0 Å². The third kappa shape index (κ3) is 1.90. The van der Waals surface area contributed by atoms with E-state index < -0.39 is 5.95 Å². The van der Waals surface area contributed by atoms with E-state index in [4.69, 9.17) is 5.73 Å². The van der Waals surface area contributed by atoms with Gasteiger partial charge in [-0.1, -0.05) is 0 Å². The number of halogens is 1. The maximum Gasteiger partial charge on any atom is 0.224 e. The largest absolute Gasteiger partial charge is 0.368 e. The van der Waals surface area contributed by atoms with Gasteiger partial charge in [-0.3, -0.25) is 0 Å². The van der Waals surface area contributed by atoms with Gasteiger partial charge in [0.05, 0.1) is 0 Å². The normalized spacial score (nSPS) is 17.1. The van der Waals surface area contributed by atoms with Gasteiger partial charge in [-0.05, 0) is 0 Å². The fourth-order valence-electron chi connectivity index (χ4n) is 1.48. The lowest BCUT2D eigenvalue weighted by molar-refractivity contribution is 0.565. The SMILES string of the molecule is Nc1nc(F)cc(N2CCNCC2)n1. The van der Waals surface area contributed by atoms with Crippen molar-refractivity contribution in [3.8, 4) is 0 Å². The van der Waals surface area contributed by atoms with Gasteiger partial charge in [0, 0.05) is 32.2 Å². The van der Waals surface area contributed by atoms with Crippen LogP contribution < -0.4 is 16.0 Å². The van der Waals surface area contributed by atoms with Crippen molar-refractivity contribution >= 4 is 11.8 Å². The van der Waals surface area contributed by atoms with E-state index in [0.29, 0.717) is 5.82 Å². The molecule has 0 atom stereocenters. The minimum Gasteiger partial charge on any atom is -0.368 e. The third-order valence-electron chi connectivity index (χ3n) is 2.14. The predicted octanol–water partition coefficient (Wildman–Crippen LogP) is -0.393. The van der Waals surface area contributed by atoms with Crippen LogP contribution in [-0.4, -0.2) is 36.1 Å². The topological polar surface area (TPSA) is 67.1 Å². The van der Waals surface area contributed by atoms with Crippen LogP contribution in [0.25, 0.3) is 0 Å². The van der Waals surface area contributed by atoms with Gasteiger partial charge < -0.3 is 16.0 Å². The van der Waals surface area contributed by atoms with Crippen molar-refractivity contribution in [2.24, 2.45) is 0 Å². The smallest absolute Gasteiger partial charge is 0.224 e. The molecular weight excluding hydrogens is 185 g/mol. The van der Waals surface area contributed by atoms with E-state index in [9.17, 15) is 4.39 Å². The van der Waals surface area contributed by atoms with Gasteiger partial charge in [0.25, 0.3) is 0 Å². The van der Waals surface area contributed by atoms with E-state index >= 15 is 0 Å². The molecule has 0 amide bonds. The number of piperazine rings is 1. The first kappa shape index (κ1) is 9.14. The quantitative estimate of drug-likeness (QED) is 0.600. The highest BCUT2D eigenvalue weighted by Gasteiger charge is 2.13. The average Bonchev–Trinajstić information content (AvgIpc) is 2.18. The Morgan fingerprint density at radius 2 is 2.07 bits per heavy atom. The van der Waals surface area contributed by atoms with Gasteiger partial charge in [-0.25, -0.2) is 0 Å². The van der Waals surface area contributed by atoms with Crippen molar-refractivity contribution in [3.05, 3.63) is 12.0 Å². The summed E-state index contributed by atoms with van der Waals surface area (Å²) < 4.78 is 12.9. The van der Waals surface area contributed by atoms with Gasteiger partial charge >= 0.3 is 0 Å². The summed E-state index contributed by atoms with van der Waals surface area (Å²) in [6.45, 7) is 3.39. The molecule has 0 saturated carbocycles. The zero-order chi connectivity index (χ0) is 9.97. The summed E-state index contributed by atoms with van der Waals surface area (Å²) in [5.74, 6) is -0.0268. The zero-order valence-corrected chi connectivity index (χ0v) is 7.70. The highest BCUT2D eigenvalue weighted by atomic mass is 19.1. The molecule has 2 heterocycles. The van der Waals surface area contributed by atoms with E-state index in [2.05, 4.69) is 15.3 Å². The third-order valence-corrected chi connectivity index (χ3v) is 2.14. The first-order valence-electron chi connectivity index (χ1n) is 4.51. The summed E-state index contributed by atoms with van der Waals surface area (Å²) in [7, 11) is 0. The van der Waals surface area contributed by atoms with Crippen LogP contribution in [0.15, 0.2) is 6.07 Å². The lowest BCUT2D eigenvalue weighted by atomic mass is 10.3. The number of nitrogen functional groups attached to an aromatic ring is 1. The van der Waals surface area contributed by atoms with E-state index in [1.807, 2.05) is 4.90 Å². The van der Waals surface area contributed by atoms with Gasteiger partial charge in [0.15, 0.2) is 0 Å². The number of aromatic nitrogens is 2. The molecule has 0 radical (unpaired) electrons. The van der Waals surface area contributed by atoms with E-state index in [1.165, 1.54) is 6.07 Å². The summed E-state index contributed by atoms with van der Waals surface area (Å²) in [5.41, 5.74) is 5.36. The first-order valence-corrected chi connectivity index (χ1v) is 4.51. The van der Waals surface area contributed by atoms with Crippen LogP contribution >= 0.6 is 0 Å². The molecule has 0 bridgehead atoms. The van der Waals surface area contributed by atoms with Gasteiger partial charge in [0.2, 0.25) is 11.9 Å². The number of hydrogen-bond acceptors (Lipinski definition) is 5. The van der Waals surface area contributed by atoms with Crippen LogP contribution in [0.4, 0.5) is 16.2 Å². The molecule has 1 aromatic heterocycles. The maximum atomic E-state index is 12.9. The number of nitrogens with zero attached hydrogens (tertiary/aromatic N) is 3. The Kier molecular flexibility index (Phi) is 2.45. The van der Waals surface area contributed by atoms with Crippen LogP contribution in [0.5, 0.6) is 0 Å². The number of nitrogens with two attached hydrogens (primary N) is 1. The van der Waals surface area contributed by atoms with Crippen LogP contribution in [0.3, 0.4) is 0 Å². The Hall–Kier alpha value is -1.43. The molecule has 2 rings (SSSR count). The molecule has 14 heavy (non-hydrogen) atoms. The molecule has 5 nitrogen and oxygen atoms in total. The zero-order valence-electron chi connectivity index (χ0n) is 7.70. The minimum absolute atomic E-state index is 0.0152. The van der Waals surface area contributed by atoms with Crippen molar-refractivity contribution in [2.75, 3.05) is 36.8 Å². The molecule has 0 spiro atoms. The molecule has 0 aliphatic carbocycles. The van der Waals surface area contributed by atoms with Crippen molar-refractivity contribution in [2.45, 2.75) is 0 Å². The Morgan fingerprint density at radius 3 is 2.71 bits per heavy atom. The molecule has 6 heteroatoms. The Morgan fingerprint density at radius 1 is 1.36 bits per heavy atom. The van der Waals surface area contributed by atoms with Gasteiger partial charge in [0.1, 0.15) is 5.82 Å². The minimum atomic E-state index is -0.578. The molecule has 1 saturated heterocycles. The highest BCUT2D eigenvalue weighted by Crippen LogP contribution is 2.13. The molecule has 1 fully saturated rings. The second kappa shape index (κ2) is 3.75. The van der Waals surface area contributed by atoms with Crippen LogP contribution in [0.2, 0.25) is 0 Å². The van der Waals surface area contributed by atoms with Gasteiger partial charge in [-0.2, -0.15) is 14.4 Å². The molecule has 1 aliphatic heterocycles. The van der Waals surface area contributed by atoms with Crippen LogP contribution in [0, 0.1) is 5.95 Å². The number of nitrogens with one attached hydrogen (secondary N) is 1. The Balaban J connectivity index is 2.21. The predicted molar refractivity (Wildman–Crippen MR) is 51.5 cm³/mol. The monoisotopic (exact) mass is 197 g/mol. The molecule has 0 unspecified atom stereocenters. The molecular formula is C8H12FN5. The summed E-state index contributed by atoms with van der Waals surface area (Å²) >= 11 is 0. The molecule has 0 aromatic carbocycles. The molecule has 1 aromatic rings. The first-order chi connectivity index (χ1) is 6.75. The number of hydrogen-bond donors (Lipinski definition) is 2. The fourth-order valence-corrected chi connectivity index (χ4v) is 1.48. The van der Waals surface area contributed by atoms with Crippen molar-refractivity contribution in [1.29, 1.82) is 0 Å². The molecule has 76 valence electrons. The summed E-state index contributed by atoms with van der Waals surface area (Å²) in [5, 5.41) is 3.20. The lowest BCUT2D eigenvalue weighted by Gasteiger charge is -2.28. The van der Waals surface area contributed by atoms with E-state index in [0.717, 1.165) is 26.2 Å². The van der Waals surface area contributed by atoms with Crippen molar-refractivity contribution < 1.29 is 4.39 Å². The summed E-state index contributed by atoms with van der Waals surface area (Å²) in [6, 6.07) is 1.31. The lowest BCUT2D eigenvalue weighted by Crippen LogP contribution is -2.44. The summed E-state index contributed by atoms with van der Waals surface area (Å²) in [6.07, 6.45) is 0.